The van der Waals surface area contributed by atoms with Crippen molar-refractivity contribution in [2.45, 2.75) is 38.4 Å². The molecule has 1 aromatic carbocycles. The number of nitrogens with one attached hydrogen (secondary N) is 1. The zero-order valence-corrected chi connectivity index (χ0v) is 13.4. The highest BCUT2D eigenvalue weighted by atomic mass is 16.5. The van der Waals surface area contributed by atoms with Crippen LogP contribution in [0.1, 0.15) is 25.3 Å². The third-order valence-electron chi connectivity index (χ3n) is 3.87. The van der Waals surface area contributed by atoms with Crippen LogP contribution in [0.5, 0.6) is 0 Å². The summed E-state index contributed by atoms with van der Waals surface area (Å²) in [5, 5.41) is 12.1. The molecule has 1 heterocycles. The van der Waals surface area contributed by atoms with Crippen LogP contribution in [0.15, 0.2) is 30.3 Å². The van der Waals surface area contributed by atoms with E-state index in [-0.39, 0.29) is 18.4 Å². The van der Waals surface area contributed by atoms with Gasteiger partial charge in [-0.3, -0.25) is 9.59 Å². The molecule has 6 heteroatoms. The van der Waals surface area contributed by atoms with Gasteiger partial charge in [0, 0.05) is 13.2 Å². The third-order valence-corrected chi connectivity index (χ3v) is 3.87. The maximum atomic E-state index is 12.6. The van der Waals surface area contributed by atoms with E-state index in [0.717, 1.165) is 18.4 Å². The van der Waals surface area contributed by atoms with Gasteiger partial charge in [-0.1, -0.05) is 43.7 Å². The summed E-state index contributed by atoms with van der Waals surface area (Å²) < 4.78 is 5.47. The highest BCUT2D eigenvalue weighted by molar-refractivity contribution is 5.97. The maximum absolute atomic E-state index is 12.6. The summed E-state index contributed by atoms with van der Waals surface area (Å²) in [5.41, 5.74) is 0.916. The summed E-state index contributed by atoms with van der Waals surface area (Å²) in [6, 6.07) is 7.89. The second-order valence-corrected chi connectivity index (χ2v) is 5.64. The molecule has 0 spiro atoms. The molecule has 0 radical (unpaired) electrons. The van der Waals surface area contributed by atoms with Gasteiger partial charge in [0.15, 0.2) is 0 Å². The Morgan fingerprint density at radius 3 is 2.65 bits per heavy atom. The normalized spacial score (nSPS) is 21.4. The molecule has 0 unspecified atom stereocenters. The predicted molar refractivity (Wildman–Crippen MR) is 85.5 cm³/mol. The fourth-order valence-electron chi connectivity index (χ4n) is 2.54. The average molecular weight is 320 g/mol. The van der Waals surface area contributed by atoms with Crippen LogP contribution >= 0.6 is 0 Å². The fourth-order valence-corrected chi connectivity index (χ4v) is 2.54. The molecule has 1 aliphatic rings. The molecule has 1 fully saturated rings. The van der Waals surface area contributed by atoms with Crippen molar-refractivity contribution in [3.05, 3.63) is 35.9 Å². The van der Waals surface area contributed by atoms with Crippen LogP contribution in [-0.4, -0.2) is 53.7 Å². The lowest BCUT2D eigenvalue weighted by molar-refractivity contribution is -0.153. The largest absolute Gasteiger partial charge is 0.394 e. The summed E-state index contributed by atoms with van der Waals surface area (Å²) >= 11 is 0. The molecule has 2 rings (SSSR count). The molecule has 126 valence electrons. The highest BCUT2D eigenvalue weighted by Gasteiger charge is 2.40. The van der Waals surface area contributed by atoms with Crippen LogP contribution in [0.2, 0.25) is 0 Å². The SMILES string of the molecule is CCCCOC[C@H]1NC(=O)[C@@H](CO)N(Cc2ccccc2)C1=O. The predicted octanol–water partition coefficient (Wildman–Crippen LogP) is 0.691. The minimum absolute atomic E-state index is 0.161. The van der Waals surface area contributed by atoms with Crippen molar-refractivity contribution in [1.82, 2.24) is 10.2 Å². The Morgan fingerprint density at radius 2 is 2.00 bits per heavy atom. The summed E-state index contributed by atoms with van der Waals surface area (Å²) in [5.74, 6) is -0.559. The Morgan fingerprint density at radius 1 is 1.26 bits per heavy atom. The van der Waals surface area contributed by atoms with Gasteiger partial charge in [-0.05, 0) is 12.0 Å². The van der Waals surface area contributed by atoms with E-state index < -0.39 is 18.7 Å². The first kappa shape index (κ1) is 17.4. The molecule has 0 aliphatic carbocycles. The molecular weight excluding hydrogens is 296 g/mol. The third kappa shape index (κ3) is 4.53. The Labute approximate surface area is 136 Å². The molecule has 6 nitrogen and oxygen atoms in total. The number of aliphatic hydroxyl groups excluding tert-OH is 1. The lowest BCUT2D eigenvalue weighted by Gasteiger charge is -2.38. The van der Waals surface area contributed by atoms with Crippen molar-refractivity contribution in [1.29, 1.82) is 0 Å². The van der Waals surface area contributed by atoms with Crippen LogP contribution in [0.3, 0.4) is 0 Å². The van der Waals surface area contributed by atoms with Gasteiger partial charge in [-0.2, -0.15) is 0 Å². The Kier molecular flexibility index (Phi) is 6.55. The zero-order valence-electron chi connectivity index (χ0n) is 13.4. The standard InChI is InChI=1S/C17H24N2O4/c1-2-3-9-23-12-14-17(22)19(15(11-20)16(21)18-14)10-13-7-5-4-6-8-13/h4-8,14-15,20H,2-3,9-12H2,1H3,(H,18,21)/t14-,15-/m1/s1. The summed E-state index contributed by atoms with van der Waals surface area (Å²) in [4.78, 5) is 26.2. The van der Waals surface area contributed by atoms with Crippen molar-refractivity contribution in [3.8, 4) is 0 Å². The molecular formula is C17H24N2O4. The zero-order chi connectivity index (χ0) is 16.7. The molecule has 1 aromatic rings. The van der Waals surface area contributed by atoms with Gasteiger partial charge in [-0.25, -0.2) is 0 Å². The summed E-state index contributed by atoms with van der Waals surface area (Å²) in [7, 11) is 0. The van der Waals surface area contributed by atoms with Crippen LogP contribution in [0.25, 0.3) is 0 Å². The molecule has 2 atom stereocenters. The molecule has 2 N–H and O–H groups in total. The van der Waals surface area contributed by atoms with Crippen LogP contribution in [0.4, 0.5) is 0 Å². The van der Waals surface area contributed by atoms with Crippen molar-refractivity contribution in [2.75, 3.05) is 19.8 Å². The Balaban J connectivity index is 2.05. The number of unbranched alkanes of at least 4 members (excludes halogenated alkanes) is 1. The van der Waals surface area contributed by atoms with Crippen molar-refractivity contribution >= 4 is 11.8 Å². The van der Waals surface area contributed by atoms with E-state index in [9.17, 15) is 14.7 Å². The first-order chi connectivity index (χ1) is 11.2. The molecule has 0 bridgehead atoms. The van der Waals surface area contributed by atoms with E-state index in [0.29, 0.717) is 13.2 Å². The number of carbonyl (C=O) groups excluding carboxylic acids is 2. The lowest BCUT2D eigenvalue weighted by Crippen LogP contribution is -2.65. The highest BCUT2D eigenvalue weighted by Crippen LogP contribution is 2.15. The number of carbonyl (C=O) groups is 2. The fraction of sp³-hybridized carbons (Fsp3) is 0.529. The van der Waals surface area contributed by atoms with Gasteiger partial charge >= 0.3 is 0 Å². The van der Waals surface area contributed by atoms with Crippen LogP contribution < -0.4 is 5.32 Å². The Hall–Kier alpha value is -1.92. The summed E-state index contributed by atoms with van der Waals surface area (Å²) in [6.45, 7) is 2.69. The smallest absolute Gasteiger partial charge is 0.248 e. The first-order valence-corrected chi connectivity index (χ1v) is 8.00. The molecule has 0 aromatic heterocycles. The second-order valence-electron chi connectivity index (χ2n) is 5.64. The topological polar surface area (TPSA) is 78.9 Å². The molecule has 23 heavy (non-hydrogen) atoms. The molecule has 2 amide bonds. The summed E-state index contributed by atoms with van der Waals surface area (Å²) in [6.07, 6.45) is 1.93. The van der Waals surface area contributed by atoms with Crippen LogP contribution in [0, 0.1) is 0 Å². The van der Waals surface area contributed by atoms with Crippen LogP contribution in [-0.2, 0) is 20.9 Å². The van der Waals surface area contributed by atoms with Crippen molar-refractivity contribution in [2.24, 2.45) is 0 Å². The van der Waals surface area contributed by atoms with Gasteiger partial charge < -0.3 is 20.1 Å². The van der Waals surface area contributed by atoms with E-state index in [1.54, 1.807) is 0 Å². The number of hydrogen-bond donors (Lipinski definition) is 2. The number of amides is 2. The van der Waals surface area contributed by atoms with E-state index in [1.807, 2.05) is 30.3 Å². The second kappa shape index (κ2) is 8.64. The van der Waals surface area contributed by atoms with Crippen molar-refractivity contribution < 1.29 is 19.4 Å². The average Bonchev–Trinajstić information content (AvgIpc) is 2.57. The van der Waals surface area contributed by atoms with Gasteiger partial charge in [0.2, 0.25) is 11.8 Å². The van der Waals surface area contributed by atoms with Gasteiger partial charge in [-0.15, -0.1) is 0 Å². The number of nitrogens with zero attached hydrogens (tertiary/aromatic N) is 1. The quantitative estimate of drug-likeness (QED) is 0.691. The van der Waals surface area contributed by atoms with Gasteiger partial charge in [0.25, 0.3) is 0 Å². The van der Waals surface area contributed by atoms with E-state index in [4.69, 9.17) is 4.74 Å². The first-order valence-electron chi connectivity index (χ1n) is 8.00. The number of benzene rings is 1. The van der Waals surface area contributed by atoms with Crippen molar-refractivity contribution in [3.63, 3.8) is 0 Å². The number of hydrogen-bond acceptors (Lipinski definition) is 4. The number of ether oxygens (including phenoxy) is 1. The number of piperazine rings is 1. The molecule has 1 aliphatic heterocycles. The molecule has 0 saturated carbocycles. The van der Waals surface area contributed by atoms with Gasteiger partial charge in [0.1, 0.15) is 12.1 Å². The van der Waals surface area contributed by atoms with Gasteiger partial charge in [0.05, 0.1) is 13.2 Å². The number of aliphatic hydroxyl groups is 1. The van der Waals surface area contributed by atoms with E-state index in [1.165, 1.54) is 4.90 Å². The minimum Gasteiger partial charge on any atom is -0.394 e. The number of rotatable bonds is 8. The maximum Gasteiger partial charge on any atom is 0.248 e. The molecule has 1 saturated heterocycles. The van der Waals surface area contributed by atoms with E-state index >= 15 is 0 Å². The lowest BCUT2D eigenvalue weighted by atomic mass is 10.1. The minimum atomic E-state index is -0.852. The Bertz CT molecular complexity index is 521. The van der Waals surface area contributed by atoms with E-state index in [2.05, 4.69) is 12.2 Å². The monoisotopic (exact) mass is 320 g/mol.